The van der Waals surface area contributed by atoms with Crippen LogP contribution in [-0.2, 0) is 16.8 Å². The van der Waals surface area contributed by atoms with Crippen LogP contribution >= 0.6 is 0 Å². The Balaban J connectivity index is 1.72. The van der Waals surface area contributed by atoms with Crippen molar-refractivity contribution in [2.24, 2.45) is 0 Å². The Morgan fingerprint density at radius 3 is 1.86 bits per heavy atom. The van der Waals surface area contributed by atoms with Crippen molar-refractivity contribution in [3.05, 3.63) is 108 Å². The Morgan fingerprint density at radius 1 is 0.682 bits per heavy atom. The predicted molar refractivity (Wildman–Crippen MR) is 88.5 cm³/mol. The molecule has 0 radical (unpaired) electrons. The Bertz CT molecular complexity index is 737. The van der Waals surface area contributed by atoms with Crippen molar-refractivity contribution in [2.75, 3.05) is 0 Å². The molecule has 1 aliphatic rings. The van der Waals surface area contributed by atoms with E-state index in [2.05, 4.69) is 84.9 Å². The van der Waals surface area contributed by atoms with Gasteiger partial charge in [0.15, 0.2) is 0 Å². The monoisotopic (exact) mass is 286 g/mol. The Labute approximate surface area is 131 Å². The molecule has 2 atom stereocenters. The summed E-state index contributed by atoms with van der Waals surface area (Å²) in [4.78, 5) is 0. The van der Waals surface area contributed by atoms with Crippen molar-refractivity contribution in [1.82, 2.24) is 0 Å². The maximum atomic E-state index is 6.28. The zero-order valence-electron chi connectivity index (χ0n) is 12.4. The quantitative estimate of drug-likeness (QED) is 0.622. The van der Waals surface area contributed by atoms with E-state index in [1.165, 1.54) is 16.7 Å². The summed E-state index contributed by atoms with van der Waals surface area (Å²) < 4.78 is 6.28. The molecule has 1 heterocycles. The summed E-state index contributed by atoms with van der Waals surface area (Å²) in [5.41, 5.74) is 3.59. The lowest BCUT2D eigenvalue weighted by atomic mass is 9.86. The number of epoxide rings is 1. The van der Waals surface area contributed by atoms with Crippen LogP contribution in [0.4, 0.5) is 0 Å². The van der Waals surface area contributed by atoms with Gasteiger partial charge in [-0.3, -0.25) is 0 Å². The second-order valence-corrected chi connectivity index (χ2v) is 5.83. The molecule has 0 unspecified atom stereocenters. The molecule has 4 rings (SSSR count). The van der Waals surface area contributed by atoms with Crippen LogP contribution in [0, 0.1) is 0 Å². The van der Waals surface area contributed by atoms with E-state index in [0.29, 0.717) is 0 Å². The Morgan fingerprint density at radius 2 is 1.23 bits per heavy atom. The number of hydrogen-bond donors (Lipinski definition) is 0. The molecule has 0 aliphatic carbocycles. The highest BCUT2D eigenvalue weighted by atomic mass is 16.6. The zero-order valence-corrected chi connectivity index (χ0v) is 12.4. The molecule has 1 aliphatic heterocycles. The number of rotatable bonds is 4. The van der Waals surface area contributed by atoms with Crippen LogP contribution in [0.1, 0.15) is 22.8 Å². The van der Waals surface area contributed by atoms with Gasteiger partial charge in [0.05, 0.1) is 0 Å². The fourth-order valence-corrected chi connectivity index (χ4v) is 3.22. The van der Waals surface area contributed by atoms with Gasteiger partial charge in [0.25, 0.3) is 0 Å². The predicted octanol–water partition coefficient (Wildman–Crippen LogP) is 4.90. The lowest BCUT2D eigenvalue weighted by Crippen LogP contribution is -2.14. The lowest BCUT2D eigenvalue weighted by molar-refractivity contribution is 0.295. The Hall–Kier alpha value is -2.38. The standard InChI is InChI=1S/C21H18O/c1-4-10-17(11-5-1)16-21(19-14-8-3-9-15-19)20(22-21)18-12-6-2-7-13-18/h1-15,20H,16H2/t20-,21-/m0/s1. The van der Waals surface area contributed by atoms with Crippen LogP contribution < -0.4 is 0 Å². The second kappa shape index (κ2) is 5.43. The highest BCUT2D eigenvalue weighted by molar-refractivity contribution is 5.38. The van der Waals surface area contributed by atoms with Gasteiger partial charge >= 0.3 is 0 Å². The van der Waals surface area contributed by atoms with Crippen molar-refractivity contribution in [3.63, 3.8) is 0 Å². The fraction of sp³-hybridized carbons (Fsp3) is 0.143. The molecule has 0 aromatic heterocycles. The average molecular weight is 286 g/mol. The molecule has 1 nitrogen and oxygen atoms in total. The average Bonchev–Trinajstić information content (AvgIpc) is 3.33. The van der Waals surface area contributed by atoms with Gasteiger partial charge in [-0.1, -0.05) is 91.0 Å². The molecule has 0 amide bonds. The van der Waals surface area contributed by atoms with Crippen molar-refractivity contribution < 1.29 is 4.74 Å². The molecular formula is C21H18O. The minimum Gasteiger partial charge on any atom is -0.355 e. The van der Waals surface area contributed by atoms with Crippen LogP contribution in [0.3, 0.4) is 0 Å². The van der Waals surface area contributed by atoms with Crippen molar-refractivity contribution in [1.29, 1.82) is 0 Å². The summed E-state index contributed by atoms with van der Waals surface area (Å²) in [6.45, 7) is 0. The van der Waals surface area contributed by atoms with E-state index in [-0.39, 0.29) is 11.7 Å². The van der Waals surface area contributed by atoms with Gasteiger partial charge in [0.1, 0.15) is 11.7 Å². The van der Waals surface area contributed by atoms with Gasteiger partial charge in [0, 0.05) is 6.42 Å². The molecule has 1 heteroatoms. The van der Waals surface area contributed by atoms with Crippen molar-refractivity contribution in [2.45, 2.75) is 18.1 Å². The first-order valence-corrected chi connectivity index (χ1v) is 7.71. The van der Waals surface area contributed by atoms with Gasteiger partial charge in [-0.15, -0.1) is 0 Å². The van der Waals surface area contributed by atoms with Crippen LogP contribution in [-0.4, -0.2) is 0 Å². The number of benzene rings is 3. The van der Waals surface area contributed by atoms with Gasteiger partial charge in [-0.2, -0.15) is 0 Å². The van der Waals surface area contributed by atoms with Crippen LogP contribution in [0.2, 0.25) is 0 Å². The normalized spacial score (nSPS) is 23.2. The molecule has 0 saturated carbocycles. The van der Waals surface area contributed by atoms with E-state index in [4.69, 9.17) is 4.74 Å². The molecule has 0 N–H and O–H groups in total. The van der Waals surface area contributed by atoms with Crippen LogP contribution in [0.15, 0.2) is 91.0 Å². The minimum atomic E-state index is -0.232. The van der Waals surface area contributed by atoms with E-state index < -0.39 is 0 Å². The summed E-state index contributed by atoms with van der Waals surface area (Å²) in [5, 5.41) is 0. The maximum absolute atomic E-state index is 6.28. The summed E-state index contributed by atoms with van der Waals surface area (Å²) in [7, 11) is 0. The summed E-state index contributed by atoms with van der Waals surface area (Å²) in [5.74, 6) is 0. The largest absolute Gasteiger partial charge is 0.355 e. The van der Waals surface area contributed by atoms with Gasteiger partial charge in [-0.25, -0.2) is 0 Å². The Kier molecular flexibility index (Phi) is 3.28. The second-order valence-electron chi connectivity index (χ2n) is 5.83. The molecular weight excluding hydrogens is 268 g/mol. The minimum absolute atomic E-state index is 0.135. The van der Waals surface area contributed by atoms with E-state index >= 15 is 0 Å². The molecule has 0 bridgehead atoms. The molecule has 1 fully saturated rings. The highest BCUT2D eigenvalue weighted by Gasteiger charge is 2.58. The van der Waals surface area contributed by atoms with E-state index in [1.54, 1.807) is 0 Å². The molecule has 0 spiro atoms. The number of ether oxygens (including phenoxy) is 1. The van der Waals surface area contributed by atoms with Crippen molar-refractivity contribution >= 4 is 0 Å². The third-order valence-corrected chi connectivity index (χ3v) is 4.37. The smallest absolute Gasteiger partial charge is 0.128 e. The first kappa shape index (κ1) is 13.3. The van der Waals surface area contributed by atoms with E-state index in [9.17, 15) is 0 Å². The molecule has 3 aromatic rings. The van der Waals surface area contributed by atoms with Gasteiger partial charge in [0.2, 0.25) is 0 Å². The van der Waals surface area contributed by atoms with Gasteiger partial charge < -0.3 is 4.74 Å². The van der Waals surface area contributed by atoms with Crippen LogP contribution in [0.5, 0.6) is 0 Å². The number of hydrogen-bond acceptors (Lipinski definition) is 1. The SMILES string of the molecule is c1ccc(C[C@@]2(c3ccccc3)O[C@H]2c2ccccc2)cc1. The van der Waals surface area contributed by atoms with E-state index in [0.717, 1.165) is 6.42 Å². The lowest BCUT2D eigenvalue weighted by Gasteiger charge is -2.14. The first-order chi connectivity index (χ1) is 10.9. The van der Waals surface area contributed by atoms with E-state index in [1.807, 2.05) is 6.07 Å². The summed E-state index contributed by atoms with van der Waals surface area (Å²) in [6, 6.07) is 31.7. The third kappa shape index (κ3) is 2.34. The highest BCUT2D eigenvalue weighted by Crippen LogP contribution is 2.58. The third-order valence-electron chi connectivity index (χ3n) is 4.37. The van der Waals surface area contributed by atoms with Gasteiger partial charge in [-0.05, 0) is 16.7 Å². The molecule has 108 valence electrons. The summed E-state index contributed by atoms with van der Waals surface area (Å²) >= 11 is 0. The fourth-order valence-electron chi connectivity index (χ4n) is 3.22. The molecule has 1 saturated heterocycles. The maximum Gasteiger partial charge on any atom is 0.128 e. The zero-order chi connectivity index (χ0) is 14.8. The van der Waals surface area contributed by atoms with Crippen LogP contribution in [0.25, 0.3) is 0 Å². The first-order valence-electron chi connectivity index (χ1n) is 7.71. The molecule has 3 aromatic carbocycles. The summed E-state index contributed by atoms with van der Waals surface area (Å²) in [6.07, 6.45) is 1.04. The molecule has 22 heavy (non-hydrogen) atoms. The topological polar surface area (TPSA) is 12.5 Å². The van der Waals surface area contributed by atoms with Crippen molar-refractivity contribution in [3.8, 4) is 0 Å².